The molecule has 0 radical (unpaired) electrons. The number of carboxylic acid groups (broad SMARTS) is 1. The highest BCUT2D eigenvalue weighted by molar-refractivity contribution is 5.85. The van der Waals surface area contributed by atoms with Crippen molar-refractivity contribution in [2.24, 2.45) is 5.92 Å². The van der Waals surface area contributed by atoms with Crippen molar-refractivity contribution in [1.82, 2.24) is 5.32 Å². The van der Waals surface area contributed by atoms with Gasteiger partial charge in [0.1, 0.15) is 5.60 Å². The van der Waals surface area contributed by atoms with Crippen molar-refractivity contribution >= 4 is 12.1 Å². The molecule has 5 nitrogen and oxygen atoms in total. The first kappa shape index (κ1) is 16.4. The molecule has 1 aliphatic rings. The Morgan fingerprint density at radius 2 is 1.90 bits per heavy atom. The second-order valence-corrected chi connectivity index (χ2v) is 6.27. The highest BCUT2D eigenvalue weighted by Gasteiger charge is 2.48. The molecule has 1 amide bonds. The average molecular weight is 281 g/mol. The zero-order valence-corrected chi connectivity index (χ0v) is 12.4. The summed E-state index contributed by atoms with van der Waals surface area (Å²) in [4.78, 5) is 23.7. The summed E-state index contributed by atoms with van der Waals surface area (Å²) in [6, 6.07) is 0. The van der Waals surface area contributed by atoms with Gasteiger partial charge in [-0.15, -0.1) is 12.3 Å². The van der Waals surface area contributed by atoms with Crippen LogP contribution in [0, 0.1) is 18.3 Å². The number of alkyl carbamates (subject to hydrolysis) is 1. The van der Waals surface area contributed by atoms with Gasteiger partial charge in [0.25, 0.3) is 0 Å². The van der Waals surface area contributed by atoms with E-state index in [1.165, 1.54) is 0 Å². The number of aliphatic carboxylic acids is 1. The highest BCUT2D eigenvalue weighted by atomic mass is 16.6. The molecule has 0 saturated heterocycles. The minimum Gasteiger partial charge on any atom is -0.479 e. The Bertz CT molecular complexity index is 413. The molecule has 1 rings (SSSR count). The van der Waals surface area contributed by atoms with Crippen LogP contribution in [0.25, 0.3) is 0 Å². The summed E-state index contributed by atoms with van der Waals surface area (Å²) >= 11 is 0. The molecule has 20 heavy (non-hydrogen) atoms. The summed E-state index contributed by atoms with van der Waals surface area (Å²) in [6.07, 6.45) is 7.97. The molecule has 0 spiro atoms. The predicted octanol–water partition coefficient (Wildman–Crippen LogP) is 2.55. The average Bonchev–Trinajstić information content (AvgIpc) is 2.78. The van der Waals surface area contributed by atoms with Crippen LogP contribution < -0.4 is 5.32 Å². The van der Waals surface area contributed by atoms with Crippen LogP contribution >= 0.6 is 0 Å². The van der Waals surface area contributed by atoms with Crippen molar-refractivity contribution in [2.45, 2.75) is 64.0 Å². The maximum Gasteiger partial charge on any atom is 0.408 e. The number of hydrogen-bond acceptors (Lipinski definition) is 3. The molecule has 0 unspecified atom stereocenters. The smallest absolute Gasteiger partial charge is 0.408 e. The van der Waals surface area contributed by atoms with E-state index in [0.717, 1.165) is 25.7 Å². The van der Waals surface area contributed by atoms with Crippen molar-refractivity contribution in [3.05, 3.63) is 0 Å². The summed E-state index contributed by atoms with van der Waals surface area (Å²) in [7, 11) is 0. The molecule has 0 heterocycles. The van der Waals surface area contributed by atoms with Crippen LogP contribution in [0.4, 0.5) is 4.79 Å². The summed E-state index contributed by atoms with van der Waals surface area (Å²) < 4.78 is 5.17. The number of carbonyl (C=O) groups is 2. The van der Waals surface area contributed by atoms with E-state index in [1.807, 2.05) is 0 Å². The van der Waals surface area contributed by atoms with Crippen molar-refractivity contribution in [2.75, 3.05) is 0 Å². The number of hydrogen-bond donors (Lipinski definition) is 2. The van der Waals surface area contributed by atoms with Crippen LogP contribution in [-0.4, -0.2) is 28.3 Å². The first-order chi connectivity index (χ1) is 9.21. The van der Waals surface area contributed by atoms with E-state index in [1.54, 1.807) is 20.8 Å². The molecule has 0 aromatic carbocycles. The molecule has 2 N–H and O–H groups in total. The number of ether oxygens (including phenoxy) is 1. The normalized spacial score (nSPS) is 18.9. The van der Waals surface area contributed by atoms with Crippen LogP contribution in [0.5, 0.6) is 0 Å². The fourth-order valence-electron chi connectivity index (χ4n) is 2.66. The van der Waals surface area contributed by atoms with Crippen LogP contribution in [0.1, 0.15) is 52.9 Å². The standard InChI is InChI=1S/C15H23NO4/c1-5-10-15(12(17)18,11-8-6-7-9-11)16-13(19)20-14(2,3)4/h1,11H,6-10H2,2-4H3,(H,16,19)(H,17,18)/t15-/m0/s1. The SMILES string of the molecule is C#CC[C@@](NC(=O)OC(C)(C)C)(C(=O)O)C1CCCC1. The van der Waals surface area contributed by atoms with E-state index >= 15 is 0 Å². The minimum atomic E-state index is -1.42. The van der Waals surface area contributed by atoms with Gasteiger partial charge in [0.05, 0.1) is 0 Å². The minimum absolute atomic E-state index is 0.0355. The Kier molecular flexibility index (Phi) is 5.04. The van der Waals surface area contributed by atoms with Gasteiger partial charge in [0.15, 0.2) is 5.54 Å². The first-order valence-corrected chi connectivity index (χ1v) is 6.89. The summed E-state index contributed by atoms with van der Waals surface area (Å²) in [5, 5.41) is 12.1. The summed E-state index contributed by atoms with van der Waals surface area (Å²) in [5.41, 5.74) is -2.10. The van der Waals surface area contributed by atoms with E-state index in [9.17, 15) is 14.7 Å². The van der Waals surface area contributed by atoms with E-state index in [0.29, 0.717) is 0 Å². The number of nitrogens with one attached hydrogen (secondary N) is 1. The van der Waals surface area contributed by atoms with Gasteiger partial charge in [-0.2, -0.15) is 0 Å². The zero-order valence-electron chi connectivity index (χ0n) is 12.4. The molecule has 1 aliphatic carbocycles. The molecule has 0 bridgehead atoms. The Morgan fingerprint density at radius 1 is 1.35 bits per heavy atom. The lowest BCUT2D eigenvalue weighted by atomic mass is 9.80. The van der Waals surface area contributed by atoms with Crippen LogP contribution in [-0.2, 0) is 9.53 Å². The fraction of sp³-hybridized carbons (Fsp3) is 0.733. The zero-order chi connectivity index (χ0) is 15.4. The molecule has 0 aliphatic heterocycles. The molecule has 112 valence electrons. The Balaban J connectivity index is 2.95. The first-order valence-electron chi connectivity index (χ1n) is 6.89. The molecular weight excluding hydrogens is 258 g/mol. The van der Waals surface area contributed by atoms with Crippen LogP contribution in [0.2, 0.25) is 0 Å². The highest BCUT2D eigenvalue weighted by Crippen LogP contribution is 2.36. The van der Waals surface area contributed by atoms with Gasteiger partial charge in [-0.3, -0.25) is 0 Å². The number of carbonyl (C=O) groups excluding carboxylic acids is 1. The number of rotatable bonds is 4. The van der Waals surface area contributed by atoms with Gasteiger partial charge in [-0.05, 0) is 39.5 Å². The summed E-state index contributed by atoms with van der Waals surface area (Å²) in [5.74, 6) is 1.14. The lowest BCUT2D eigenvalue weighted by Crippen LogP contribution is -2.59. The van der Waals surface area contributed by atoms with Gasteiger partial charge in [-0.25, -0.2) is 9.59 Å². The maximum absolute atomic E-state index is 11.9. The van der Waals surface area contributed by atoms with Crippen molar-refractivity contribution in [3.8, 4) is 12.3 Å². The van der Waals surface area contributed by atoms with Gasteiger partial charge >= 0.3 is 12.1 Å². The van der Waals surface area contributed by atoms with Crippen molar-refractivity contribution in [3.63, 3.8) is 0 Å². The van der Waals surface area contributed by atoms with Crippen LogP contribution in [0.15, 0.2) is 0 Å². The van der Waals surface area contributed by atoms with E-state index < -0.39 is 23.2 Å². The monoisotopic (exact) mass is 281 g/mol. The largest absolute Gasteiger partial charge is 0.479 e. The number of amides is 1. The van der Waals surface area contributed by atoms with Gasteiger partial charge in [-0.1, -0.05) is 12.8 Å². The Hall–Kier alpha value is -1.70. The maximum atomic E-state index is 11.9. The molecule has 0 aromatic heterocycles. The third kappa shape index (κ3) is 3.89. The van der Waals surface area contributed by atoms with E-state index in [2.05, 4.69) is 11.2 Å². The lowest BCUT2D eigenvalue weighted by Gasteiger charge is -2.35. The Morgan fingerprint density at radius 3 is 2.30 bits per heavy atom. The molecule has 1 atom stereocenters. The molecule has 0 aromatic rings. The van der Waals surface area contributed by atoms with Crippen molar-refractivity contribution in [1.29, 1.82) is 0 Å². The van der Waals surface area contributed by atoms with Gasteiger partial charge in [0.2, 0.25) is 0 Å². The second kappa shape index (κ2) is 6.17. The fourth-order valence-corrected chi connectivity index (χ4v) is 2.66. The number of terminal acetylenes is 1. The molecular formula is C15H23NO4. The molecule has 5 heteroatoms. The molecule has 1 fully saturated rings. The van der Waals surface area contributed by atoms with Gasteiger partial charge in [0, 0.05) is 6.42 Å². The third-order valence-electron chi connectivity index (χ3n) is 3.54. The second-order valence-electron chi connectivity index (χ2n) is 6.27. The van der Waals surface area contributed by atoms with E-state index in [-0.39, 0.29) is 12.3 Å². The third-order valence-corrected chi connectivity index (χ3v) is 3.54. The topological polar surface area (TPSA) is 75.6 Å². The van der Waals surface area contributed by atoms with Crippen LogP contribution in [0.3, 0.4) is 0 Å². The molecule has 1 saturated carbocycles. The lowest BCUT2D eigenvalue weighted by molar-refractivity contribution is -0.147. The summed E-state index contributed by atoms with van der Waals surface area (Å²) in [6.45, 7) is 5.18. The van der Waals surface area contributed by atoms with Gasteiger partial charge < -0.3 is 15.2 Å². The quantitative estimate of drug-likeness (QED) is 0.776. The van der Waals surface area contributed by atoms with E-state index in [4.69, 9.17) is 11.2 Å². The predicted molar refractivity (Wildman–Crippen MR) is 75.1 cm³/mol. The number of carboxylic acids is 1. The Labute approximate surface area is 120 Å². The van der Waals surface area contributed by atoms with Crippen molar-refractivity contribution < 1.29 is 19.4 Å².